The highest BCUT2D eigenvalue weighted by Crippen LogP contribution is 2.22. The summed E-state index contributed by atoms with van der Waals surface area (Å²) in [5, 5.41) is 4.43. The molecular formula is C26H24ClN3O3S. The summed E-state index contributed by atoms with van der Waals surface area (Å²) in [6, 6.07) is 22.9. The summed E-state index contributed by atoms with van der Waals surface area (Å²) >= 11 is 7.31. The standard InChI is InChI=1S/C26H24ClN3O3S/c1-33-14-13-30-25(32)21-12-11-20(27)16-23(21)29-26(30)34-17-24(31)28-22-10-6-5-9-19(22)15-18-7-3-2-4-8-18/h2-12,16H,13-15,17H2,1H3,(H,28,31). The van der Waals surface area contributed by atoms with E-state index in [9.17, 15) is 9.59 Å². The zero-order chi connectivity index (χ0) is 23.9. The van der Waals surface area contributed by atoms with Crippen LogP contribution in [0.5, 0.6) is 0 Å². The first kappa shape index (κ1) is 24.0. The molecule has 0 radical (unpaired) electrons. The van der Waals surface area contributed by atoms with Gasteiger partial charge >= 0.3 is 0 Å². The molecule has 0 atom stereocenters. The van der Waals surface area contributed by atoms with Gasteiger partial charge < -0.3 is 10.1 Å². The lowest BCUT2D eigenvalue weighted by Crippen LogP contribution is -2.26. The number of aromatic nitrogens is 2. The first-order valence-corrected chi connectivity index (χ1v) is 12.1. The van der Waals surface area contributed by atoms with Crippen molar-refractivity contribution in [2.45, 2.75) is 18.1 Å². The van der Waals surface area contributed by atoms with Crippen molar-refractivity contribution in [3.05, 3.63) is 99.3 Å². The van der Waals surface area contributed by atoms with Crippen LogP contribution in [0.1, 0.15) is 11.1 Å². The van der Waals surface area contributed by atoms with Crippen LogP contribution in [-0.2, 0) is 22.5 Å². The number of hydrogen-bond acceptors (Lipinski definition) is 5. The molecule has 0 spiro atoms. The third kappa shape index (κ3) is 5.86. The molecule has 0 aliphatic heterocycles. The van der Waals surface area contributed by atoms with Crippen LogP contribution in [0.25, 0.3) is 10.9 Å². The lowest BCUT2D eigenvalue weighted by molar-refractivity contribution is -0.113. The van der Waals surface area contributed by atoms with Crippen molar-refractivity contribution in [2.24, 2.45) is 0 Å². The van der Waals surface area contributed by atoms with E-state index in [-0.39, 0.29) is 17.2 Å². The number of hydrogen-bond donors (Lipinski definition) is 1. The number of methoxy groups -OCH3 is 1. The van der Waals surface area contributed by atoms with E-state index in [2.05, 4.69) is 22.4 Å². The minimum Gasteiger partial charge on any atom is -0.383 e. The second-order valence-electron chi connectivity index (χ2n) is 7.66. The third-order valence-corrected chi connectivity index (χ3v) is 6.47. The van der Waals surface area contributed by atoms with Crippen molar-refractivity contribution in [1.29, 1.82) is 0 Å². The number of carbonyl (C=O) groups excluding carboxylic acids is 1. The molecule has 4 aromatic rings. The van der Waals surface area contributed by atoms with Gasteiger partial charge in [-0.25, -0.2) is 4.98 Å². The number of nitrogens with one attached hydrogen (secondary N) is 1. The summed E-state index contributed by atoms with van der Waals surface area (Å²) in [5.41, 5.74) is 3.28. The lowest BCUT2D eigenvalue weighted by atomic mass is 10.0. The maximum atomic E-state index is 13.0. The Hall–Kier alpha value is -3.13. The summed E-state index contributed by atoms with van der Waals surface area (Å²) in [4.78, 5) is 30.5. The fraction of sp³-hybridized carbons (Fsp3) is 0.192. The Morgan fingerprint density at radius 1 is 1.09 bits per heavy atom. The average molecular weight is 494 g/mol. The Kier molecular flexibility index (Phi) is 8.00. The molecule has 0 unspecified atom stereocenters. The maximum absolute atomic E-state index is 13.0. The van der Waals surface area contributed by atoms with Crippen LogP contribution in [0.2, 0.25) is 5.02 Å². The van der Waals surface area contributed by atoms with Crippen LogP contribution in [0, 0.1) is 0 Å². The number of amides is 1. The Morgan fingerprint density at radius 2 is 1.85 bits per heavy atom. The second kappa shape index (κ2) is 11.3. The van der Waals surface area contributed by atoms with Gasteiger partial charge in [-0.2, -0.15) is 0 Å². The van der Waals surface area contributed by atoms with Crippen molar-refractivity contribution in [3.63, 3.8) is 0 Å². The van der Waals surface area contributed by atoms with Crippen LogP contribution < -0.4 is 10.9 Å². The quantitative estimate of drug-likeness (QED) is 0.262. The van der Waals surface area contributed by atoms with Crippen molar-refractivity contribution in [1.82, 2.24) is 9.55 Å². The van der Waals surface area contributed by atoms with E-state index in [0.717, 1.165) is 11.3 Å². The molecule has 1 amide bonds. The number of halogens is 1. The van der Waals surface area contributed by atoms with E-state index in [4.69, 9.17) is 16.3 Å². The molecular weight excluding hydrogens is 470 g/mol. The normalized spacial score (nSPS) is 11.0. The number of anilines is 1. The molecule has 0 saturated heterocycles. The fourth-order valence-electron chi connectivity index (χ4n) is 3.59. The summed E-state index contributed by atoms with van der Waals surface area (Å²) in [6.45, 7) is 0.693. The molecule has 0 fully saturated rings. The third-order valence-electron chi connectivity index (χ3n) is 5.26. The van der Waals surface area contributed by atoms with Crippen LogP contribution in [-0.4, -0.2) is 34.9 Å². The van der Waals surface area contributed by atoms with E-state index in [0.29, 0.717) is 40.7 Å². The molecule has 34 heavy (non-hydrogen) atoms. The lowest BCUT2D eigenvalue weighted by Gasteiger charge is -2.14. The summed E-state index contributed by atoms with van der Waals surface area (Å²) < 4.78 is 6.70. The van der Waals surface area contributed by atoms with Crippen LogP contribution in [0.3, 0.4) is 0 Å². The number of thioether (sulfide) groups is 1. The highest BCUT2D eigenvalue weighted by molar-refractivity contribution is 7.99. The first-order chi connectivity index (χ1) is 16.5. The zero-order valence-corrected chi connectivity index (χ0v) is 20.2. The first-order valence-electron chi connectivity index (χ1n) is 10.8. The highest BCUT2D eigenvalue weighted by Gasteiger charge is 2.14. The average Bonchev–Trinajstić information content (AvgIpc) is 2.84. The molecule has 3 aromatic carbocycles. The van der Waals surface area contributed by atoms with E-state index in [1.807, 2.05) is 42.5 Å². The van der Waals surface area contributed by atoms with Gasteiger partial charge in [0.15, 0.2) is 5.16 Å². The Balaban J connectivity index is 1.52. The van der Waals surface area contributed by atoms with Crippen molar-refractivity contribution in [3.8, 4) is 0 Å². The topological polar surface area (TPSA) is 73.2 Å². The van der Waals surface area contributed by atoms with E-state index < -0.39 is 0 Å². The van der Waals surface area contributed by atoms with Crippen LogP contribution >= 0.6 is 23.4 Å². The highest BCUT2D eigenvalue weighted by atomic mass is 35.5. The fourth-order valence-corrected chi connectivity index (χ4v) is 4.58. The molecule has 174 valence electrons. The van der Waals surface area contributed by atoms with Crippen molar-refractivity contribution >= 4 is 45.9 Å². The van der Waals surface area contributed by atoms with Crippen LogP contribution in [0.15, 0.2) is 82.7 Å². The molecule has 1 heterocycles. The molecule has 0 saturated carbocycles. The summed E-state index contributed by atoms with van der Waals surface area (Å²) in [7, 11) is 1.58. The molecule has 0 aliphatic carbocycles. The minimum absolute atomic E-state index is 0.102. The number of carbonyl (C=O) groups is 1. The number of nitrogens with zero attached hydrogens (tertiary/aromatic N) is 2. The second-order valence-corrected chi connectivity index (χ2v) is 9.04. The monoisotopic (exact) mass is 493 g/mol. The number of para-hydroxylation sites is 1. The van der Waals surface area contributed by atoms with Gasteiger partial charge in [0.25, 0.3) is 5.56 Å². The smallest absolute Gasteiger partial charge is 0.262 e. The molecule has 1 aromatic heterocycles. The Labute approximate surface area is 206 Å². The van der Waals surface area contributed by atoms with Crippen LogP contribution in [0.4, 0.5) is 5.69 Å². The predicted octanol–water partition coefficient (Wildman–Crippen LogP) is 5.02. The number of benzene rings is 3. The molecule has 6 nitrogen and oxygen atoms in total. The molecule has 1 N–H and O–H groups in total. The SMILES string of the molecule is COCCn1c(SCC(=O)Nc2ccccc2Cc2ccccc2)nc2cc(Cl)ccc2c1=O. The van der Waals surface area contributed by atoms with Crippen molar-refractivity contribution in [2.75, 3.05) is 24.8 Å². The zero-order valence-electron chi connectivity index (χ0n) is 18.7. The van der Waals surface area contributed by atoms with Gasteiger partial charge in [-0.1, -0.05) is 71.9 Å². The Bertz CT molecular complexity index is 1360. The Morgan fingerprint density at radius 3 is 2.65 bits per heavy atom. The molecule has 8 heteroatoms. The summed E-state index contributed by atoms with van der Waals surface area (Å²) in [6.07, 6.45) is 0.716. The van der Waals surface area contributed by atoms with Gasteiger partial charge in [0, 0.05) is 17.8 Å². The van der Waals surface area contributed by atoms with Crippen molar-refractivity contribution < 1.29 is 9.53 Å². The minimum atomic E-state index is -0.185. The molecule has 0 bridgehead atoms. The van der Waals surface area contributed by atoms with Gasteiger partial charge in [-0.05, 0) is 41.8 Å². The molecule has 4 rings (SSSR count). The van der Waals surface area contributed by atoms with E-state index in [1.165, 1.54) is 17.3 Å². The number of rotatable bonds is 9. The van der Waals surface area contributed by atoms with E-state index in [1.54, 1.807) is 29.9 Å². The number of fused-ring (bicyclic) bond motifs is 1. The largest absolute Gasteiger partial charge is 0.383 e. The van der Waals surface area contributed by atoms with Gasteiger partial charge in [0.2, 0.25) is 5.91 Å². The predicted molar refractivity (Wildman–Crippen MR) is 138 cm³/mol. The van der Waals surface area contributed by atoms with Gasteiger partial charge in [-0.3, -0.25) is 14.2 Å². The molecule has 0 aliphatic rings. The maximum Gasteiger partial charge on any atom is 0.262 e. The van der Waals surface area contributed by atoms with E-state index >= 15 is 0 Å². The number of ether oxygens (including phenoxy) is 1. The summed E-state index contributed by atoms with van der Waals surface area (Å²) in [5.74, 6) is -0.0743. The van der Waals surface area contributed by atoms with Gasteiger partial charge in [0.05, 0.1) is 29.8 Å². The van der Waals surface area contributed by atoms with Gasteiger partial charge in [0.1, 0.15) is 0 Å². The van der Waals surface area contributed by atoms with Gasteiger partial charge in [-0.15, -0.1) is 0 Å².